The summed E-state index contributed by atoms with van der Waals surface area (Å²) in [6.45, 7) is 15.2. The number of nitrogens with zero attached hydrogens (tertiary/aromatic N) is 3. The highest BCUT2D eigenvalue weighted by molar-refractivity contribution is 7.14. The van der Waals surface area contributed by atoms with Crippen LogP contribution in [0.3, 0.4) is 0 Å². The van der Waals surface area contributed by atoms with E-state index in [-0.39, 0.29) is 43.0 Å². The van der Waals surface area contributed by atoms with Crippen LogP contribution in [-0.2, 0) is 29.4 Å². The SMILES string of the molecule is C[Si](C)(C)CCOCOc1cc(CO)cc2c1nc(-c1cccc3c(=O)n(CC[C@@H]4CC[C@@H](O)C4)sc13)c(=O)n2COCC[Si](C)(C)C. The molecule has 1 aliphatic rings. The van der Waals surface area contributed by atoms with Crippen LogP contribution < -0.4 is 15.9 Å². The lowest BCUT2D eigenvalue weighted by Crippen LogP contribution is -2.27. The van der Waals surface area contributed by atoms with Crippen LogP contribution in [0.25, 0.3) is 32.4 Å². The molecule has 48 heavy (non-hydrogen) atoms. The highest BCUT2D eigenvalue weighted by atomic mass is 32.1. The first-order valence-corrected chi connectivity index (χ1v) is 25.2. The average molecular weight is 714 g/mol. The molecule has 13 heteroatoms. The Hall–Kier alpha value is -2.66. The monoisotopic (exact) mass is 713 g/mol. The number of aromatic nitrogens is 3. The van der Waals surface area contributed by atoms with E-state index in [1.165, 1.54) is 11.5 Å². The minimum absolute atomic E-state index is 0.00931. The van der Waals surface area contributed by atoms with Gasteiger partial charge in [0.25, 0.3) is 11.1 Å². The summed E-state index contributed by atoms with van der Waals surface area (Å²) >= 11 is 1.35. The van der Waals surface area contributed by atoms with Gasteiger partial charge >= 0.3 is 0 Å². The van der Waals surface area contributed by atoms with Gasteiger partial charge in [0.2, 0.25) is 0 Å². The van der Waals surface area contributed by atoms with Crippen molar-refractivity contribution in [3.05, 3.63) is 56.6 Å². The van der Waals surface area contributed by atoms with E-state index in [0.717, 1.165) is 37.8 Å². The van der Waals surface area contributed by atoms with E-state index >= 15 is 0 Å². The van der Waals surface area contributed by atoms with E-state index in [9.17, 15) is 19.8 Å². The molecule has 1 fully saturated rings. The summed E-state index contributed by atoms with van der Waals surface area (Å²) in [6.07, 6.45) is 3.13. The zero-order chi connectivity index (χ0) is 34.6. The number of hydrogen-bond donors (Lipinski definition) is 2. The molecular formula is C35H51N3O7SSi2. The maximum atomic E-state index is 14.3. The lowest BCUT2D eigenvalue weighted by molar-refractivity contribution is 0.0227. The number of ether oxygens (including phenoxy) is 3. The van der Waals surface area contributed by atoms with E-state index < -0.39 is 16.1 Å². The van der Waals surface area contributed by atoms with Crippen molar-refractivity contribution in [3.63, 3.8) is 0 Å². The molecule has 0 spiro atoms. The fourth-order valence-corrected chi connectivity index (χ4v) is 8.61. The second-order valence-electron chi connectivity index (χ2n) is 15.4. The lowest BCUT2D eigenvalue weighted by Gasteiger charge is -2.19. The topological polar surface area (TPSA) is 125 Å². The summed E-state index contributed by atoms with van der Waals surface area (Å²) in [5, 5.41) is 20.6. The van der Waals surface area contributed by atoms with Crippen LogP contribution >= 0.6 is 11.5 Å². The number of fused-ring (bicyclic) bond motifs is 2. The Labute approximate surface area is 288 Å². The molecule has 1 aliphatic carbocycles. The van der Waals surface area contributed by atoms with Crippen LogP contribution in [0.4, 0.5) is 0 Å². The molecule has 0 saturated heterocycles. The quantitative estimate of drug-likeness (QED) is 0.0768. The van der Waals surface area contributed by atoms with Crippen LogP contribution in [-0.4, -0.2) is 66.0 Å². The Morgan fingerprint density at radius 3 is 2.38 bits per heavy atom. The number of aliphatic hydroxyl groups excluding tert-OH is 2. The molecule has 2 N–H and O–H groups in total. The average Bonchev–Trinajstić information content (AvgIpc) is 3.59. The minimum Gasteiger partial charge on any atom is -0.465 e. The van der Waals surface area contributed by atoms with E-state index in [4.69, 9.17) is 19.2 Å². The number of rotatable bonds is 16. The summed E-state index contributed by atoms with van der Waals surface area (Å²) in [7, 11) is -2.65. The Balaban J connectivity index is 1.56. The number of aliphatic hydroxyl groups is 2. The molecule has 0 unspecified atom stereocenters. The first-order chi connectivity index (χ1) is 22.7. The predicted molar refractivity (Wildman–Crippen MR) is 199 cm³/mol. The molecular weight excluding hydrogens is 663 g/mol. The van der Waals surface area contributed by atoms with E-state index in [1.807, 2.05) is 6.07 Å². The van der Waals surface area contributed by atoms with Gasteiger partial charge in [-0.3, -0.25) is 18.1 Å². The van der Waals surface area contributed by atoms with Crippen LogP contribution in [0.2, 0.25) is 51.4 Å². The molecule has 2 aromatic carbocycles. The van der Waals surface area contributed by atoms with Gasteiger partial charge in [-0.1, -0.05) is 62.9 Å². The summed E-state index contributed by atoms with van der Waals surface area (Å²) in [4.78, 5) is 32.8. The second kappa shape index (κ2) is 15.5. The molecule has 2 heterocycles. The van der Waals surface area contributed by atoms with Gasteiger partial charge < -0.3 is 24.4 Å². The normalized spacial score (nSPS) is 17.2. The molecule has 10 nitrogen and oxygen atoms in total. The molecule has 4 aromatic rings. The van der Waals surface area contributed by atoms with Crippen molar-refractivity contribution in [1.82, 2.24) is 13.5 Å². The van der Waals surface area contributed by atoms with Crippen molar-refractivity contribution in [2.24, 2.45) is 5.92 Å². The summed E-state index contributed by atoms with van der Waals surface area (Å²) < 4.78 is 22.1. The van der Waals surface area contributed by atoms with Gasteiger partial charge in [0.15, 0.2) is 12.5 Å². The summed E-state index contributed by atoms with van der Waals surface area (Å²) in [5.74, 6) is 0.798. The zero-order valence-corrected chi connectivity index (χ0v) is 32.0. The van der Waals surface area contributed by atoms with Crippen molar-refractivity contribution >= 4 is 48.8 Å². The van der Waals surface area contributed by atoms with Gasteiger partial charge in [-0.25, -0.2) is 4.98 Å². The second-order valence-corrected chi connectivity index (χ2v) is 27.7. The van der Waals surface area contributed by atoms with Gasteiger partial charge in [0.05, 0.1) is 28.3 Å². The van der Waals surface area contributed by atoms with Gasteiger partial charge in [-0.2, -0.15) is 0 Å². The van der Waals surface area contributed by atoms with Crippen LogP contribution in [0, 0.1) is 5.92 Å². The molecule has 0 bridgehead atoms. The maximum Gasteiger partial charge on any atom is 0.279 e. The van der Waals surface area contributed by atoms with E-state index in [0.29, 0.717) is 63.7 Å². The van der Waals surface area contributed by atoms with Gasteiger partial charge in [-0.15, -0.1) is 0 Å². The smallest absolute Gasteiger partial charge is 0.279 e. The molecule has 0 radical (unpaired) electrons. The Morgan fingerprint density at radius 2 is 1.71 bits per heavy atom. The van der Waals surface area contributed by atoms with Crippen molar-refractivity contribution in [2.45, 2.75) is 103 Å². The third kappa shape index (κ3) is 9.11. The molecule has 5 rings (SSSR count). The fraction of sp³-hybridized carbons (Fsp3) is 0.571. The van der Waals surface area contributed by atoms with Gasteiger partial charge in [0, 0.05) is 41.5 Å². The fourth-order valence-electron chi connectivity index (χ4n) is 5.98. The Bertz CT molecular complexity index is 1840. The standard InChI is InChI=1S/C35H51N3O7SSi2/c1-47(2,3)16-14-43-22-37-29-19-25(21-39)20-30(45-23-44-15-17-48(4,5)6)32(29)36-31(35(37)42)27-8-7-9-28-33(27)46-38(34(28)41)13-12-24-10-11-26(40)18-24/h7-9,19-20,24,26,39-40H,10-18,21-23H2,1-6H3/t24-,26+/m0/s1. The molecule has 1 saturated carbocycles. The van der Waals surface area contributed by atoms with Crippen LogP contribution in [0.5, 0.6) is 5.75 Å². The Kier molecular flexibility index (Phi) is 11.8. The van der Waals surface area contributed by atoms with Crippen molar-refractivity contribution in [2.75, 3.05) is 20.0 Å². The lowest BCUT2D eigenvalue weighted by atomic mass is 10.0. The first-order valence-electron chi connectivity index (χ1n) is 17.0. The number of benzene rings is 2. The predicted octanol–water partition coefficient (Wildman–Crippen LogP) is 6.49. The minimum atomic E-state index is -1.37. The van der Waals surface area contributed by atoms with Crippen molar-refractivity contribution in [3.8, 4) is 17.0 Å². The highest BCUT2D eigenvalue weighted by Gasteiger charge is 2.24. The first kappa shape index (κ1) is 36.6. The van der Waals surface area contributed by atoms with Gasteiger partial charge in [0.1, 0.15) is 17.9 Å². The van der Waals surface area contributed by atoms with Crippen molar-refractivity contribution < 1.29 is 24.4 Å². The van der Waals surface area contributed by atoms with Crippen LogP contribution in [0.15, 0.2) is 39.9 Å². The molecule has 2 aromatic heterocycles. The maximum absolute atomic E-state index is 14.3. The number of aryl methyl sites for hydroxylation is 1. The number of hydrogen-bond acceptors (Lipinski definition) is 9. The third-order valence-electron chi connectivity index (χ3n) is 8.95. The zero-order valence-electron chi connectivity index (χ0n) is 29.2. The van der Waals surface area contributed by atoms with E-state index in [2.05, 4.69) is 39.3 Å². The Morgan fingerprint density at radius 1 is 0.979 bits per heavy atom. The molecule has 0 aliphatic heterocycles. The van der Waals surface area contributed by atoms with E-state index in [1.54, 1.807) is 32.8 Å². The molecule has 0 amide bonds. The third-order valence-corrected chi connectivity index (χ3v) is 13.6. The van der Waals surface area contributed by atoms with Gasteiger partial charge in [-0.05, 0) is 67.5 Å². The molecule has 2 atom stereocenters. The van der Waals surface area contributed by atoms with Crippen LogP contribution in [0.1, 0.15) is 31.2 Å². The summed E-state index contributed by atoms with van der Waals surface area (Å²) in [6, 6.07) is 10.9. The van der Waals surface area contributed by atoms with Crippen molar-refractivity contribution in [1.29, 1.82) is 0 Å². The largest absolute Gasteiger partial charge is 0.465 e. The molecule has 262 valence electrons. The highest BCUT2D eigenvalue weighted by Crippen LogP contribution is 2.33. The summed E-state index contributed by atoms with van der Waals surface area (Å²) in [5.41, 5.74) is 1.88.